The lowest BCUT2D eigenvalue weighted by molar-refractivity contribution is 0.145. The number of benzene rings is 1. The summed E-state index contributed by atoms with van der Waals surface area (Å²) in [5, 5.41) is 10.4. The van der Waals surface area contributed by atoms with E-state index in [-0.39, 0.29) is 17.8 Å². The van der Waals surface area contributed by atoms with Gasteiger partial charge in [-0.25, -0.2) is 4.39 Å². The van der Waals surface area contributed by atoms with Gasteiger partial charge in [-0.05, 0) is 30.4 Å². The Morgan fingerprint density at radius 3 is 2.65 bits per heavy atom. The van der Waals surface area contributed by atoms with Gasteiger partial charge in [0.25, 0.3) is 6.01 Å². The third-order valence-corrected chi connectivity index (χ3v) is 5.57. The molecule has 0 saturated carbocycles. The number of nitrogens with zero attached hydrogens (tertiary/aromatic N) is 5. The van der Waals surface area contributed by atoms with E-state index in [0.29, 0.717) is 37.2 Å². The summed E-state index contributed by atoms with van der Waals surface area (Å²) in [6.45, 7) is 5.29. The second kappa shape index (κ2) is 9.47. The van der Waals surface area contributed by atoms with E-state index in [1.807, 2.05) is 12.1 Å². The van der Waals surface area contributed by atoms with Crippen molar-refractivity contribution in [1.82, 2.24) is 24.4 Å². The number of unbranched alkanes of at least 4 members (excludes halogenated alkanes) is 1. The molecule has 0 amide bonds. The van der Waals surface area contributed by atoms with Crippen LogP contribution in [0, 0.1) is 0 Å². The second-order valence-corrected chi connectivity index (χ2v) is 8.03. The molecule has 4 rings (SSSR count). The second-order valence-electron chi connectivity index (χ2n) is 8.03. The average Bonchev–Trinajstić information content (AvgIpc) is 3.06. The smallest absolute Gasteiger partial charge is 0.320 e. The number of alkyl halides is 1. The summed E-state index contributed by atoms with van der Waals surface area (Å²) in [6, 6.07) is 8.16. The third kappa shape index (κ3) is 5.04. The van der Waals surface area contributed by atoms with E-state index >= 15 is 0 Å². The summed E-state index contributed by atoms with van der Waals surface area (Å²) in [5.74, 6) is 0.176. The molecular formula is C22H29FN6O2. The van der Waals surface area contributed by atoms with Gasteiger partial charge in [0.2, 0.25) is 0 Å². The van der Waals surface area contributed by atoms with Crippen LogP contribution in [0.4, 0.5) is 10.2 Å². The first-order chi connectivity index (χ1) is 15.0. The molecule has 0 radical (unpaired) electrons. The van der Waals surface area contributed by atoms with Gasteiger partial charge < -0.3 is 15.6 Å². The molecule has 31 heavy (non-hydrogen) atoms. The van der Waals surface area contributed by atoms with E-state index in [2.05, 4.69) is 38.9 Å². The molecule has 0 bridgehead atoms. The van der Waals surface area contributed by atoms with Crippen LogP contribution in [0.1, 0.15) is 43.7 Å². The van der Waals surface area contributed by atoms with Crippen LogP contribution in [0.25, 0.3) is 11.2 Å². The number of hydrogen-bond donors (Lipinski definition) is 2. The Balaban J connectivity index is 1.54. The Hall–Kier alpha value is -2.94. The average molecular weight is 429 g/mol. The number of aromatic nitrogens is 4. The van der Waals surface area contributed by atoms with Crippen LogP contribution < -0.4 is 10.5 Å². The summed E-state index contributed by atoms with van der Waals surface area (Å²) in [4.78, 5) is 15.0. The van der Waals surface area contributed by atoms with Gasteiger partial charge in [0.15, 0.2) is 17.0 Å². The van der Waals surface area contributed by atoms with Crippen molar-refractivity contribution in [2.24, 2.45) is 0 Å². The Labute approximate surface area is 180 Å². The van der Waals surface area contributed by atoms with Gasteiger partial charge >= 0.3 is 6.01 Å². The molecule has 3 aromatic rings. The number of anilines is 1. The largest absolute Gasteiger partial charge is 0.480 e. The monoisotopic (exact) mass is 428 g/mol. The van der Waals surface area contributed by atoms with E-state index in [0.717, 1.165) is 43.6 Å². The molecule has 2 aromatic heterocycles. The molecule has 1 aromatic carbocycles. The number of piperidine rings is 1. The molecule has 0 unspecified atom stereocenters. The highest BCUT2D eigenvalue weighted by atomic mass is 19.1. The van der Waals surface area contributed by atoms with Crippen molar-refractivity contribution in [2.45, 2.75) is 51.9 Å². The molecule has 1 fully saturated rings. The topological polar surface area (TPSA) is 102 Å². The molecule has 1 aliphatic rings. The van der Waals surface area contributed by atoms with Gasteiger partial charge in [-0.2, -0.15) is 15.0 Å². The first-order valence-electron chi connectivity index (χ1n) is 10.8. The summed E-state index contributed by atoms with van der Waals surface area (Å²) in [5.41, 5.74) is 8.96. The predicted octanol–water partition coefficient (Wildman–Crippen LogP) is 3.28. The van der Waals surface area contributed by atoms with Crippen molar-refractivity contribution in [1.29, 1.82) is 0 Å². The number of nitrogens with two attached hydrogens (primary N) is 1. The molecular weight excluding hydrogens is 399 g/mol. The maximum atomic E-state index is 13.4. The van der Waals surface area contributed by atoms with Crippen molar-refractivity contribution in [3.8, 4) is 12.0 Å². The zero-order valence-corrected chi connectivity index (χ0v) is 17.8. The summed E-state index contributed by atoms with van der Waals surface area (Å²) in [6.07, 6.45) is 2.40. The summed E-state index contributed by atoms with van der Waals surface area (Å²) >= 11 is 0. The third-order valence-electron chi connectivity index (χ3n) is 5.57. The molecule has 1 saturated heterocycles. The highest BCUT2D eigenvalue weighted by Gasteiger charge is 2.19. The number of ether oxygens (including phenoxy) is 1. The molecule has 3 N–H and O–H groups in total. The van der Waals surface area contributed by atoms with Crippen LogP contribution in [0.2, 0.25) is 0 Å². The van der Waals surface area contributed by atoms with Crippen LogP contribution >= 0.6 is 0 Å². The van der Waals surface area contributed by atoms with Gasteiger partial charge in [-0.3, -0.25) is 9.47 Å². The summed E-state index contributed by atoms with van der Waals surface area (Å²) < 4.78 is 20.6. The maximum Gasteiger partial charge on any atom is 0.320 e. The molecule has 0 atom stereocenters. The lowest BCUT2D eigenvalue weighted by Crippen LogP contribution is -2.33. The number of imidazole rings is 1. The first-order valence-corrected chi connectivity index (χ1v) is 10.8. The maximum absolute atomic E-state index is 13.4. The van der Waals surface area contributed by atoms with E-state index in [4.69, 9.17) is 10.5 Å². The number of rotatable bonds is 8. The van der Waals surface area contributed by atoms with Gasteiger partial charge in [0.1, 0.15) is 6.17 Å². The number of halogens is 1. The summed E-state index contributed by atoms with van der Waals surface area (Å²) in [7, 11) is 0. The predicted molar refractivity (Wildman–Crippen MR) is 117 cm³/mol. The van der Waals surface area contributed by atoms with Crippen molar-refractivity contribution < 1.29 is 14.2 Å². The van der Waals surface area contributed by atoms with Gasteiger partial charge in [-0.15, -0.1) is 0 Å². The van der Waals surface area contributed by atoms with Crippen LogP contribution in [0.3, 0.4) is 0 Å². The van der Waals surface area contributed by atoms with Crippen molar-refractivity contribution >= 4 is 17.0 Å². The first kappa shape index (κ1) is 21.3. The lowest BCUT2D eigenvalue weighted by Gasteiger charge is -2.28. The Kier molecular flexibility index (Phi) is 6.50. The van der Waals surface area contributed by atoms with Crippen LogP contribution in [-0.4, -0.2) is 55.4 Å². The molecule has 9 heteroatoms. The minimum absolute atomic E-state index is 0.169. The fraction of sp³-hybridized carbons (Fsp3) is 0.500. The standard InChI is InChI=1S/C22H29FN6O2/c1-2-3-11-31-21-26-19(24)18-20(27-21)29(22(30)25-18)14-16-6-4-5-15(12-16)13-28-9-7-17(23)8-10-28/h4-6,12,17H,2-3,7-11,13-14H2,1H3,(H,25,30)(H2,24,26,27). The number of likely N-dealkylation sites (tertiary alicyclic amines) is 1. The van der Waals surface area contributed by atoms with Gasteiger partial charge in [-0.1, -0.05) is 37.6 Å². The molecule has 8 nitrogen and oxygen atoms in total. The van der Waals surface area contributed by atoms with E-state index in [9.17, 15) is 9.50 Å². The fourth-order valence-corrected chi connectivity index (χ4v) is 3.83. The highest BCUT2D eigenvalue weighted by Crippen LogP contribution is 2.26. The number of hydrogen-bond acceptors (Lipinski definition) is 7. The van der Waals surface area contributed by atoms with Gasteiger partial charge in [0.05, 0.1) is 13.2 Å². The van der Waals surface area contributed by atoms with E-state index in [1.54, 1.807) is 4.57 Å². The Bertz CT molecular complexity index is 1030. The van der Waals surface area contributed by atoms with Crippen molar-refractivity contribution in [3.63, 3.8) is 0 Å². The highest BCUT2D eigenvalue weighted by molar-refractivity contribution is 5.83. The minimum Gasteiger partial charge on any atom is -0.480 e. The zero-order chi connectivity index (χ0) is 21.8. The van der Waals surface area contributed by atoms with Crippen LogP contribution in [0.15, 0.2) is 24.3 Å². The molecule has 3 heterocycles. The number of aromatic hydroxyl groups is 1. The molecule has 1 aliphatic heterocycles. The quantitative estimate of drug-likeness (QED) is 0.531. The number of nitrogen functional groups attached to an aromatic ring is 1. The molecule has 0 spiro atoms. The minimum atomic E-state index is -0.676. The van der Waals surface area contributed by atoms with E-state index < -0.39 is 6.17 Å². The van der Waals surface area contributed by atoms with E-state index in [1.165, 1.54) is 0 Å². The molecule has 0 aliphatic carbocycles. The Morgan fingerprint density at radius 1 is 1.16 bits per heavy atom. The number of fused-ring (bicyclic) bond motifs is 1. The van der Waals surface area contributed by atoms with Crippen LogP contribution in [0.5, 0.6) is 12.0 Å². The molecule has 166 valence electrons. The SMILES string of the molecule is CCCCOc1nc(N)c2nc(O)n(Cc3cccc(CN4CCC(F)CC4)c3)c2n1. The zero-order valence-electron chi connectivity index (χ0n) is 17.8. The fourth-order valence-electron chi connectivity index (χ4n) is 3.83. The van der Waals surface area contributed by atoms with Crippen molar-refractivity contribution in [3.05, 3.63) is 35.4 Å². The Morgan fingerprint density at radius 2 is 1.90 bits per heavy atom. The van der Waals surface area contributed by atoms with Crippen LogP contribution in [-0.2, 0) is 13.1 Å². The van der Waals surface area contributed by atoms with Gasteiger partial charge in [0, 0.05) is 19.6 Å². The normalized spacial score (nSPS) is 15.5. The van der Waals surface area contributed by atoms with Crippen molar-refractivity contribution in [2.75, 3.05) is 25.4 Å². The lowest BCUT2D eigenvalue weighted by atomic mass is 10.1.